The standard InChI is InChI=1S/C29H28N4O3/c1-19-9-7-8-18-32(19)26(34)20-14-16-21(17-15-20)33-27(35)22-10-3-5-12-24(22)30-29(33)23-11-4-6-13-25(23)31(2)28(29)36/h3-6,10-17,19,30H,7-9,18H2,1-2H3/t19-,29+/m1/s1. The Morgan fingerprint density at radius 2 is 1.67 bits per heavy atom. The van der Waals surface area contributed by atoms with E-state index < -0.39 is 5.66 Å². The Bertz CT molecular complexity index is 1390. The Hall–Kier alpha value is -4.13. The summed E-state index contributed by atoms with van der Waals surface area (Å²) in [5.74, 6) is -0.515. The molecule has 0 aromatic heterocycles. The van der Waals surface area contributed by atoms with Crippen LogP contribution in [-0.4, -0.2) is 42.3 Å². The highest BCUT2D eigenvalue weighted by molar-refractivity contribution is 6.22. The fourth-order valence-electron chi connectivity index (χ4n) is 5.81. The summed E-state index contributed by atoms with van der Waals surface area (Å²) in [6, 6.07) is 22.0. The molecule has 6 rings (SSSR count). The molecule has 3 aromatic carbocycles. The number of fused-ring (bicyclic) bond motifs is 3. The first-order valence-corrected chi connectivity index (χ1v) is 12.4. The van der Waals surface area contributed by atoms with Crippen molar-refractivity contribution in [3.05, 3.63) is 89.5 Å². The molecule has 1 saturated heterocycles. The van der Waals surface area contributed by atoms with E-state index in [0.717, 1.165) is 31.5 Å². The van der Waals surface area contributed by atoms with Crippen LogP contribution < -0.4 is 15.1 Å². The van der Waals surface area contributed by atoms with Crippen LogP contribution in [0.5, 0.6) is 0 Å². The zero-order valence-corrected chi connectivity index (χ0v) is 20.4. The van der Waals surface area contributed by atoms with Crippen LogP contribution in [0.15, 0.2) is 72.8 Å². The molecule has 3 heterocycles. The van der Waals surface area contributed by atoms with Gasteiger partial charge < -0.3 is 15.1 Å². The van der Waals surface area contributed by atoms with Crippen molar-refractivity contribution in [3.63, 3.8) is 0 Å². The first kappa shape index (κ1) is 22.3. The molecular weight excluding hydrogens is 452 g/mol. The Morgan fingerprint density at radius 1 is 0.944 bits per heavy atom. The van der Waals surface area contributed by atoms with Crippen molar-refractivity contribution in [1.82, 2.24) is 4.90 Å². The Balaban J connectivity index is 1.46. The monoisotopic (exact) mass is 480 g/mol. The summed E-state index contributed by atoms with van der Waals surface area (Å²) in [7, 11) is 1.72. The maximum absolute atomic E-state index is 14.0. The average Bonchev–Trinajstić information content (AvgIpc) is 3.11. The molecule has 2 atom stereocenters. The summed E-state index contributed by atoms with van der Waals surface area (Å²) in [6.45, 7) is 2.85. The number of hydrogen-bond acceptors (Lipinski definition) is 4. The topological polar surface area (TPSA) is 73.0 Å². The highest BCUT2D eigenvalue weighted by Crippen LogP contribution is 2.49. The maximum atomic E-state index is 14.0. The molecule has 1 spiro atoms. The van der Waals surface area contributed by atoms with Gasteiger partial charge in [0.2, 0.25) is 5.66 Å². The molecule has 0 bridgehead atoms. The van der Waals surface area contributed by atoms with Gasteiger partial charge in [0.15, 0.2) is 0 Å². The second-order valence-electron chi connectivity index (χ2n) is 9.79. The number of hydrogen-bond donors (Lipinski definition) is 1. The molecule has 3 amide bonds. The Morgan fingerprint density at radius 3 is 2.44 bits per heavy atom. The van der Waals surface area contributed by atoms with E-state index >= 15 is 0 Å². The molecule has 36 heavy (non-hydrogen) atoms. The van der Waals surface area contributed by atoms with Gasteiger partial charge in [0.25, 0.3) is 17.7 Å². The van der Waals surface area contributed by atoms with Gasteiger partial charge in [0, 0.05) is 42.1 Å². The van der Waals surface area contributed by atoms with Crippen LogP contribution >= 0.6 is 0 Å². The minimum atomic E-state index is -1.43. The number of piperidine rings is 1. The fourth-order valence-corrected chi connectivity index (χ4v) is 5.81. The second kappa shape index (κ2) is 8.22. The average molecular weight is 481 g/mol. The number of carbonyl (C=O) groups is 3. The van der Waals surface area contributed by atoms with Crippen LogP contribution in [0.4, 0.5) is 17.1 Å². The number of anilines is 3. The zero-order valence-electron chi connectivity index (χ0n) is 20.4. The number of nitrogens with one attached hydrogen (secondary N) is 1. The lowest BCUT2D eigenvalue weighted by atomic mass is 9.92. The minimum absolute atomic E-state index is 0.000994. The number of rotatable bonds is 2. The van der Waals surface area contributed by atoms with Crippen molar-refractivity contribution in [2.45, 2.75) is 37.9 Å². The van der Waals surface area contributed by atoms with Crippen LogP contribution in [0, 0.1) is 0 Å². The van der Waals surface area contributed by atoms with Gasteiger partial charge in [0.05, 0.1) is 11.3 Å². The van der Waals surface area contributed by atoms with Gasteiger partial charge in [0.1, 0.15) is 0 Å². The lowest BCUT2D eigenvalue weighted by molar-refractivity contribution is -0.121. The highest BCUT2D eigenvalue weighted by Gasteiger charge is 2.58. The summed E-state index contributed by atoms with van der Waals surface area (Å²) < 4.78 is 0. The van der Waals surface area contributed by atoms with E-state index in [4.69, 9.17) is 0 Å². The van der Waals surface area contributed by atoms with Gasteiger partial charge in [-0.3, -0.25) is 19.3 Å². The van der Waals surface area contributed by atoms with Crippen molar-refractivity contribution in [1.29, 1.82) is 0 Å². The molecule has 3 aliphatic rings. The van der Waals surface area contributed by atoms with Crippen molar-refractivity contribution in [2.75, 3.05) is 28.7 Å². The van der Waals surface area contributed by atoms with Gasteiger partial charge in [-0.25, -0.2) is 0 Å². The maximum Gasteiger partial charge on any atom is 0.278 e. The van der Waals surface area contributed by atoms with Crippen LogP contribution in [0.2, 0.25) is 0 Å². The van der Waals surface area contributed by atoms with Crippen molar-refractivity contribution in [2.24, 2.45) is 0 Å². The Kier molecular flexibility index (Phi) is 5.10. The van der Waals surface area contributed by atoms with Gasteiger partial charge in [-0.2, -0.15) is 0 Å². The van der Waals surface area contributed by atoms with Gasteiger partial charge in [-0.05, 0) is 68.7 Å². The summed E-state index contributed by atoms with van der Waals surface area (Å²) in [6.07, 6.45) is 3.16. The molecule has 0 unspecified atom stereocenters. The smallest absolute Gasteiger partial charge is 0.278 e. The normalized spacial score (nSPS) is 22.9. The molecule has 1 N–H and O–H groups in total. The summed E-state index contributed by atoms with van der Waals surface area (Å²) in [5.41, 5.74) is 2.26. The summed E-state index contributed by atoms with van der Waals surface area (Å²) in [5, 5.41) is 3.42. The largest absolute Gasteiger partial charge is 0.350 e. The number of benzene rings is 3. The number of carbonyl (C=O) groups excluding carboxylic acids is 3. The summed E-state index contributed by atoms with van der Waals surface area (Å²) >= 11 is 0. The minimum Gasteiger partial charge on any atom is -0.350 e. The number of amides is 3. The van der Waals surface area contributed by atoms with Crippen LogP contribution in [-0.2, 0) is 10.5 Å². The van der Waals surface area contributed by atoms with E-state index in [1.165, 1.54) is 4.90 Å². The van der Waals surface area contributed by atoms with Gasteiger partial charge >= 0.3 is 0 Å². The second-order valence-corrected chi connectivity index (χ2v) is 9.79. The van der Waals surface area contributed by atoms with E-state index in [0.29, 0.717) is 28.1 Å². The first-order chi connectivity index (χ1) is 17.4. The van der Waals surface area contributed by atoms with Crippen molar-refractivity contribution in [3.8, 4) is 0 Å². The molecule has 3 aliphatic heterocycles. The van der Waals surface area contributed by atoms with E-state index in [9.17, 15) is 14.4 Å². The Labute approximate surface area is 210 Å². The first-order valence-electron chi connectivity index (χ1n) is 12.4. The lowest BCUT2D eigenvalue weighted by Crippen LogP contribution is -2.62. The van der Waals surface area contributed by atoms with Crippen molar-refractivity contribution >= 4 is 34.8 Å². The predicted octanol–water partition coefficient (Wildman–Crippen LogP) is 4.60. The predicted molar refractivity (Wildman–Crippen MR) is 139 cm³/mol. The number of para-hydroxylation sites is 2. The number of likely N-dealkylation sites (tertiary alicyclic amines) is 1. The molecular formula is C29H28N4O3. The molecule has 1 fully saturated rings. The molecule has 7 nitrogen and oxygen atoms in total. The van der Waals surface area contributed by atoms with E-state index in [1.54, 1.807) is 42.3 Å². The van der Waals surface area contributed by atoms with Gasteiger partial charge in [-0.15, -0.1) is 0 Å². The van der Waals surface area contributed by atoms with Crippen LogP contribution in [0.1, 0.15) is 52.5 Å². The lowest BCUT2D eigenvalue weighted by Gasteiger charge is -2.45. The molecule has 182 valence electrons. The molecule has 7 heteroatoms. The number of nitrogens with zero attached hydrogens (tertiary/aromatic N) is 3. The van der Waals surface area contributed by atoms with E-state index in [2.05, 4.69) is 12.2 Å². The van der Waals surface area contributed by atoms with E-state index in [1.807, 2.05) is 47.4 Å². The van der Waals surface area contributed by atoms with Gasteiger partial charge in [-0.1, -0.05) is 30.3 Å². The van der Waals surface area contributed by atoms with Crippen molar-refractivity contribution < 1.29 is 14.4 Å². The quantitative estimate of drug-likeness (QED) is 0.582. The third-order valence-electron chi connectivity index (χ3n) is 7.72. The third kappa shape index (κ3) is 3.08. The number of likely N-dealkylation sites (N-methyl/N-ethyl adjacent to an activating group) is 1. The van der Waals surface area contributed by atoms with Crippen LogP contribution in [0.3, 0.4) is 0 Å². The summed E-state index contributed by atoms with van der Waals surface area (Å²) in [4.78, 5) is 46.2. The molecule has 0 saturated carbocycles. The third-order valence-corrected chi connectivity index (χ3v) is 7.72. The van der Waals surface area contributed by atoms with E-state index in [-0.39, 0.29) is 23.8 Å². The zero-order chi connectivity index (χ0) is 25.0. The SMILES string of the molecule is C[C@@H]1CCCCN1C(=O)c1ccc(N2C(=O)c3ccccc3N[C@]23C(=O)N(C)c2ccccc23)cc1. The van der Waals surface area contributed by atoms with Crippen LogP contribution in [0.25, 0.3) is 0 Å². The molecule has 0 radical (unpaired) electrons. The molecule has 3 aromatic rings. The highest BCUT2D eigenvalue weighted by atomic mass is 16.2. The fraction of sp³-hybridized carbons (Fsp3) is 0.276. The molecule has 0 aliphatic carbocycles.